The van der Waals surface area contributed by atoms with E-state index in [1.165, 1.54) is 5.56 Å². The summed E-state index contributed by atoms with van der Waals surface area (Å²) in [7, 11) is 0. The maximum atomic E-state index is 9.36. The molecule has 8 aromatic carbocycles. The number of benzene rings is 8. The Labute approximate surface area is 432 Å². The van der Waals surface area contributed by atoms with Gasteiger partial charge in [0.05, 0.1) is 30.4 Å². The fourth-order valence-corrected chi connectivity index (χ4v) is 11.5. The lowest BCUT2D eigenvalue weighted by Gasteiger charge is -2.40. The van der Waals surface area contributed by atoms with E-state index in [1.54, 1.807) is 6.07 Å². The molecule has 0 saturated carbocycles. The molecule has 0 N–H and O–H groups in total. The molecule has 0 aliphatic carbocycles. The zero-order valence-electron chi connectivity index (χ0n) is 52.6. The first kappa shape index (κ1) is 34.2. The summed E-state index contributed by atoms with van der Waals surface area (Å²) in [6.45, 7) is 26.0. The second-order valence-corrected chi connectivity index (χ2v) is 24.0. The number of anilines is 3. The Morgan fingerprint density at radius 3 is 1.72 bits per heavy atom. The van der Waals surface area contributed by atoms with Crippen molar-refractivity contribution in [1.82, 2.24) is 9.05 Å². The zero-order valence-corrected chi connectivity index (χ0v) is 42.6. The number of hydrogen-bond donors (Lipinski definition) is 0. The lowest BCUT2D eigenvalue weighted by atomic mass is 9.47. The van der Waals surface area contributed by atoms with Crippen molar-refractivity contribution >= 4 is 89.6 Å². The average molecular weight is 934 g/mol. The number of furan rings is 1. The number of para-hydroxylation sites is 1. The summed E-state index contributed by atoms with van der Waals surface area (Å²) < 4.78 is 101. The Balaban J connectivity index is 1.23. The molecule has 0 amide bonds. The van der Waals surface area contributed by atoms with E-state index in [0.717, 1.165) is 82.9 Å². The minimum absolute atomic E-state index is 0.0811. The minimum Gasteiger partial charge on any atom is -0.466 e. The fourth-order valence-electron chi connectivity index (χ4n) is 11.5. The molecule has 0 bridgehead atoms. The van der Waals surface area contributed by atoms with Crippen LogP contribution in [-0.4, -0.2) is 15.9 Å². The van der Waals surface area contributed by atoms with Gasteiger partial charge in [-0.15, -0.1) is 0 Å². The van der Waals surface area contributed by atoms with Crippen molar-refractivity contribution in [1.29, 1.82) is 0 Å². The van der Waals surface area contributed by atoms with E-state index in [4.69, 9.17) is 15.4 Å². The Bertz CT molecular complexity index is 4580. The topological polar surface area (TPSA) is 26.2 Å². The lowest BCUT2D eigenvalue weighted by molar-refractivity contribution is 0.589. The number of rotatable bonds is 3. The van der Waals surface area contributed by atoms with Crippen molar-refractivity contribution in [3.63, 3.8) is 0 Å². The third kappa shape index (κ3) is 6.44. The Morgan fingerprint density at radius 2 is 1.04 bits per heavy atom. The molecule has 350 valence electrons. The second-order valence-electron chi connectivity index (χ2n) is 24.0. The van der Waals surface area contributed by atoms with Crippen LogP contribution in [0.15, 0.2) is 162 Å². The summed E-state index contributed by atoms with van der Waals surface area (Å²) in [5.74, 6) is 0. The molecule has 5 heteroatoms. The van der Waals surface area contributed by atoms with E-state index in [2.05, 4.69) is 159 Å². The minimum atomic E-state index is -0.564. The zero-order chi connectivity index (χ0) is 58.0. The molecular weight excluding hydrogens is 862 g/mol. The van der Waals surface area contributed by atoms with E-state index < -0.39 is 43.1 Å². The smallest absolute Gasteiger partial charge is 0.375 e. The average Bonchev–Trinajstić information content (AvgIpc) is 1.74. The Morgan fingerprint density at radius 1 is 0.465 bits per heavy atom. The SMILES string of the molecule is [2H]c1c([2H])c([2H])c(-c2ccc3oc4c(c3c2)N(c2ccc(C(C)(C)C)cc2)c2cc(C(C)(C)C)cc3c2B4n2c4ccc5c(c6cc(C(C)(C)C)ccc6n5-c5c([2H])c([2H])c([2H])c([2H])c5[2H])c4c4cc(C(C)(C)C)cc-3c42)c([2H])c1[2H]. The third-order valence-electron chi connectivity index (χ3n) is 15.3. The monoisotopic (exact) mass is 934 g/mol. The number of fused-ring (bicyclic) bond motifs is 13. The molecule has 71 heavy (non-hydrogen) atoms. The highest BCUT2D eigenvalue weighted by atomic mass is 16.3. The molecule has 0 unspecified atom stereocenters. The third-order valence-corrected chi connectivity index (χ3v) is 15.3. The van der Waals surface area contributed by atoms with Gasteiger partial charge in [-0.1, -0.05) is 162 Å². The predicted octanol–water partition coefficient (Wildman–Crippen LogP) is 16.9. The molecule has 0 fully saturated rings. The van der Waals surface area contributed by atoms with Crippen LogP contribution in [0.4, 0.5) is 17.1 Å². The molecule has 2 aliphatic heterocycles. The summed E-state index contributed by atoms with van der Waals surface area (Å²) in [4.78, 5) is 2.31. The normalized spacial score (nSPS) is 15.8. The number of hydrogen-bond acceptors (Lipinski definition) is 2. The highest BCUT2D eigenvalue weighted by Crippen LogP contribution is 2.52. The van der Waals surface area contributed by atoms with E-state index in [1.807, 2.05) is 28.8 Å². The van der Waals surface area contributed by atoms with Crippen molar-refractivity contribution in [2.24, 2.45) is 0 Å². The summed E-state index contributed by atoms with van der Waals surface area (Å²) in [5.41, 5.74) is 14.6. The highest BCUT2D eigenvalue weighted by molar-refractivity contribution is 6.89. The van der Waals surface area contributed by atoms with E-state index in [0.29, 0.717) is 33.2 Å². The predicted molar refractivity (Wildman–Crippen MR) is 304 cm³/mol. The van der Waals surface area contributed by atoms with Crippen LogP contribution in [0.2, 0.25) is 0 Å². The first-order valence-corrected chi connectivity index (χ1v) is 24.8. The lowest BCUT2D eigenvalue weighted by Crippen LogP contribution is -2.56. The van der Waals surface area contributed by atoms with Gasteiger partial charge in [0, 0.05) is 60.6 Å². The largest absolute Gasteiger partial charge is 0.466 e. The van der Waals surface area contributed by atoms with Crippen molar-refractivity contribution < 1.29 is 18.1 Å². The summed E-state index contributed by atoms with van der Waals surface area (Å²) in [5, 5.41) is 4.47. The van der Waals surface area contributed by atoms with E-state index in [-0.39, 0.29) is 57.1 Å². The van der Waals surface area contributed by atoms with Crippen LogP contribution >= 0.6 is 0 Å². The van der Waals surface area contributed by atoms with Gasteiger partial charge in [0.15, 0.2) is 0 Å². The van der Waals surface area contributed by atoms with E-state index in [9.17, 15) is 2.74 Å². The van der Waals surface area contributed by atoms with Gasteiger partial charge in [0.2, 0.25) is 0 Å². The quantitative estimate of drug-likeness (QED) is 0.165. The molecule has 13 rings (SSSR count). The number of nitrogens with zero attached hydrogens (tertiary/aromatic N) is 3. The molecule has 5 heterocycles. The first-order valence-electron chi connectivity index (χ1n) is 29.8. The van der Waals surface area contributed by atoms with Gasteiger partial charge in [-0.05, 0) is 145 Å². The van der Waals surface area contributed by atoms with Gasteiger partial charge in [-0.3, -0.25) is 0 Å². The van der Waals surface area contributed by atoms with Gasteiger partial charge in [-0.25, -0.2) is 0 Å². The first-order chi connectivity index (χ1) is 37.9. The fraction of sp³-hybridized carbons (Fsp3) is 0.242. The van der Waals surface area contributed by atoms with Crippen LogP contribution in [0.1, 0.15) is 119 Å². The van der Waals surface area contributed by atoms with Crippen LogP contribution in [0.25, 0.3) is 82.5 Å². The summed E-state index contributed by atoms with van der Waals surface area (Å²) >= 11 is 0. The van der Waals surface area contributed by atoms with E-state index >= 15 is 0 Å². The Hall–Kier alpha value is -7.24. The maximum absolute atomic E-state index is 9.36. The van der Waals surface area contributed by atoms with Gasteiger partial charge < -0.3 is 18.4 Å². The molecule has 0 saturated heterocycles. The maximum Gasteiger partial charge on any atom is 0.375 e. The van der Waals surface area contributed by atoms with Crippen LogP contribution in [0.5, 0.6) is 0 Å². The standard InChI is InChI=1S/C66H62BN3O/c1-63(2,3)41-24-27-46(28-25-41)69-55-38-44(66(10,11)12)35-47-48-36-43(65(7,8)9)37-51-58-54(31-30-53-57(58)49-34-42(64(4,5)6)26-29-52(49)68(53)45-21-17-14-18-22-45)70(60(48)51)67(59(47)55)62-61(69)50-33-40(23-32-56(50)71-62)39-19-15-13-16-20-39/h13-38H,1-12H3/i13D,14D,15D,16D,17D,18D,19D,20D,21D,22D. The highest BCUT2D eigenvalue weighted by Gasteiger charge is 2.47. The molecule has 2 aliphatic rings. The molecule has 0 atom stereocenters. The molecule has 11 aromatic rings. The van der Waals surface area contributed by atoms with Gasteiger partial charge >= 0.3 is 6.85 Å². The van der Waals surface area contributed by atoms with Crippen LogP contribution in [0.3, 0.4) is 0 Å². The van der Waals surface area contributed by atoms with Crippen LogP contribution in [0, 0.1) is 0 Å². The Kier molecular flexibility index (Phi) is 7.06. The van der Waals surface area contributed by atoms with Gasteiger partial charge in [-0.2, -0.15) is 0 Å². The van der Waals surface area contributed by atoms with Crippen LogP contribution in [-0.2, 0) is 21.7 Å². The van der Waals surface area contributed by atoms with Crippen molar-refractivity contribution in [3.8, 4) is 27.9 Å². The van der Waals surface area contributed by atoms with Gasteiger partial charge in [0.1, 0.15) is 11.2 Å². The second kappa shape index (κ2) is 14.7. The van der Waals surface area contributed by atoms with Crippen molar-refractivity contribution in [3.05, 3.63) is 180 Å². The molecule has 3 aromatic heterocycles. The van der Waals surface area contributed by atoms with Crippen molar-refractivity contribution in [2.45, 2.75) is 105 Å². The molecule has 4 nitrogen and oxygen atoms in total. The van der Waals surface area contributed by atoms with Crippen molar-refractivity contribution in [2.75, 3.05) is 4.90 Å². The summed E-state index contributed by atoms with van der Waals surface area (Å²) in [6, 6.07) is 30.5. The molecule has 0 radical (unpaired) electrons. The van der Waals surface area contributed by atoms with Crippen LogP contribution < -0.4 is 16.0 Å². The molecular formula is C66H62BN3O. The summed E-state index contributed by atoms with van der Waals surface area (Å²) in [6.07, 6.45) is 0. The number of aromatic nitrogens is 2. The van der Waals surface area contributed by atoms with Gasteiger partial charge in [0.25, 0.3) is 0 Å². The molecule has 0 spiro atoms.